The molecule has 0 fully saturated rings. The zero-order chi connectivity index (χ0) is 7.40. The van der Waals surface area contributed by atoms with E-state index in [9.17, 15) is 4.79 Å². The number of hydrogen-bond acceptors (Lipinski definition) is 4. The standard InChI is InChI=1S/C5H7N3O2/c6-3-5(9)10-8-2-1-7-4-8/h1-2,4H,3,6H2. The van der Waals surface area contributed by atoms with E-state index in [0.29, 0.717) is 0 Å². The Kier molecular flexibility index (Phi) is 2.01. The van der Waals surface area contributed by atoms with Crippen molar-refractivity contribution in [3.63, 3.8) is 0 Å². The summed E-state index contributed by atoms with van der Waals surface area (Å²) >= 11 is 0. The van der Waals surface area contributed by atoms with E-state index in [-0.39, 0.29) is 6.54 Å². The van der Waals surface area contributed by atoms with Crippen molar-refractivity contribution in [2.24, 2.45) is 5.73 Å². The van der Waals surface area contributed by atoms with Gasteiger partial charge in [-0.2, -0.15) is 4.73 Å². The minimum Gasteiger partial charge on any atom is -0.334 e. The van der Waals surface area contributed by atoms with Gasteiger partial charge in [-0.15, -0.1) is 0 Å². The molecule has 1 rings (SSSR count). The molecule has 1 heterocycles. The van der Waals surface area contributed by atoms with E-state index in [0.717, 1.165) is 0 Å². The van der Waals surface area contributed by atoms with E-state index >= 15 is 0 Å². The lowest BCUT2D eigenvalue weighted by atomic mass is 10.7. The van der Waals surface area contributed by atoms with Gasteiger partial charge in [-0.25, -0.2) is 9.78 Å². The van der Waals surface area contributed by atoms with Crippen molar-refractivity contribution in [1.82, 2.24) is 9.71 Å². The fourth-order valence-corrected chi connectivity index (χ4v) is 0.456. The van der Waals surface area contributed by atoms with Crippen LogP contribution in [0.15, 0.2) is 18.7 Å². The maximum atomic E-state index is 10.5. The van der Waals surface area contributed by atoms with Crippen LogP contribution in [0.3, 0.4) is 0 Å². The molecule has 5 nitrogen and oxygen atoms in total. The number of hydrogen-bond donors (Lipinski definition) is 1. The molecule has 1 aromatic heterocycles. The Bertz CT molecular complexity index is 207. The third-order valence-corrected chi connectivity index (χ3v) is 0.854. The monoisotopic (exact) mass is 141 g/mol. The molecule has 0 aromatic carbocycles. The molecular formula is C5H7N3O2. The van der Waals surface area contributed by atoms with Crippen LogP contribution in [0.4, 0.5) is 0 Å². The lowest BCUT2D eigenvalue weighted by Gasteiger charge is -1.98. The van der Waals surface area contributed by atoms with Gasteiger partial charge in [0.15, 0.2) is 0 Å². The lowest BCUT2D eigenvalue weighted by Crippen LogP contribution is -2.25. The number of carbonyl (C=O) groups excluding carboxylic acids is 1. The first-order valence-corrected chi connectivity index (χ1v) is 2.72. The molecule has 0 bridgehead atoms. The average molecular weight is 141 g/mol. The van der Waals surface area contributed by atoms with Gasteiger partial charge < -0.3 is 10.6 Å². The Morgan fingerprint density at radius 2 is 2.60 bits per heavy atom. The SMILES string of the molecule is NCC(=O)On1ccnc1. The second-order valence-corrected chi connectivity index (χ2v) is 1.59. The number of aromatic nitrogens is 2. The first-order valence-electron chi connectivity index (χ1n) is 2.72. The number of imidazole rings is 1. The molecule has 0 aliphatic carbocycles. The maximum Gasteiger partial charge on any atom is 0.346 e. The number of rotatable bonds is 2. The van der Waals surface area contributed by atoms with E-state index < -0.39 is 5.97 Å². The lowest BCUT2D eigenvalue weighted by molar-refractivity contribution is -0.142. The zero-order valence-electron chi connectivity index (χ0n) is 5.23. The first kappa shape index (κ1) is 6.76. The highest BCUT2D eigenvalue weighted by atomic mass is 16.7. The summed E-state index contributed by atoms with van der Waals surface area (Å²) in [6.07, 6.45) is 4.38. The van der Waals surface area contributed by atoms with Gasteiger partial charge in [0.2, 0.25) is 0 Å². The van der Waals surface area contributed by atoms with Gasteiger partial charge in [-0.1, -0.05) is 0 Å². The average Bonchev–Trinajstić information content (AvgIpc) is 2.40. The van der Waals surface area contributed by atoms with E-state index in [1.807, 2.05) is 0 Å². The summed E-state index contributed by atoms with van der Waals surface area (Å²) in [5, 5.41) is 0. The molecule has 0 amide bonds. The van der Waals surface area contributed by atoms with E-state index in [1.165, 1.54) is 23.5 Å². The zero-order valence-corrected chi connectivity index (χ0v) is 5.23. The Morgan fingerprint density at radius 3 is 3.10 bits per heavy atom. The molecule has 0 aliphatic rings. The first-order chi connectivity index (χ1) is 4.83. The summed E-state index contributed by atoms with van der Waals surface area (Å²) in [6.45, 7) is -0.127. The predicted molar refractivity (Wildman–Crippen MR) is 32.9 cm³/mol. The fourth-order valence-electron chi connectivity index (χ4n) is 0.456. The van der Waals surface area contributed by atoms with E-state index in [4.69, 9.17) is 5.73 Å². The van der Waals surface area contributed by atoms with Crippen molar-refractivity contribution >= 4 is 5.97 Å². The summed E-state index contributed by atoms with van der Waals surface area (Å²) in [5.41, 5.74) is 4.98. The Hall–Kier alpha value is -1.36. The highest BCUT2D eigenvalue weighted by Gasteiger charge is 1.97. The van der Waals surface area contributed by atoms with Gasteiger partial charge in [-0.05, 0) is 0 Å². The van der Waals surface area contributed by atoms with Crippen molar-refractivity contribution < 1.29 is 9.63 Å². The van der Waals surface area contributed by atoms with E-state index in [2.05, 4.69) is 9.82 Å². The molecule has 1 aromatic rings. The molecule has 0 saturated carbocycles. The predicted octanol–water partition coefficient (Wildman–Crippen LogP) is -1.20. The van der Waals surface area contributed by atoms with Crippen LogP contribution in [0.25, 0.3) is 0 Å². The van der Waals surface area contributed by atoms with Gasteiger partial charge in [0, 0.05) is 6.20 Å². The maximum absolute atomic E-state index is 10.5. The number of nitrogens with zero attached hydrogens (tertiary/aromatic N) is 2. The van der Waals surface area contributed by atoms with Crippen LogP contribution in [-0.2, 0) is 4.79 Å². The molecule has 10 heavy (non-hydrogen) atoms. The molecule has 54 valence electrons. The van der Waals surface area contributed by atoms with Gasteiger partial charge in [-0.3, -0.25) is 0 Å². The van der Waals surface area contributed by atoms with Crippen molar-refractivity contribution in [2.45, 2.75) is 0 Å². The van der Waals surface area contributed by atoms with Gasteiger partial charge in [0.25, 0.3) is 0 Å². The van der Waals surface area contributed by atoms with Crippen LogP contribution in [0.5, 0.6) is 0 Å². The second kappa shape index (κ2) is 2.98. The molecule has 0 saturated heterocycles. The Labute approximate surface area is 57.4 Å². The molecule has 0 aliphatic heterocycles. The van der Waals surface area contributed by atoms with Gasteiger partial charge in [0.05, 0.1) is 12.7 Å². The molecule has 2 N–H and O–H groups in total. The van der Waals surface area contributed by atoms with Crippen LogP contribution >= 0.6 is 0 Å². The second-order valence-electron chi connectivity index (χ2n) is 1.59. The fraction of sp³-hybridized carbons (Fsp3) is 0.200. The van der Waals surface area contributed by atoms with E-state index in [1.54, 1.807) is 0 Å². The largest absolute Gasteiger partial charge is 0.346 e. The van der Waals surface area contributed by atoms with Crippen molar-refractivity contribution in [2.75, 3.05) is 6.54 Å². The summed E-state index contributed by atoms with van der Waals surface area (Å²) in [6, 6.07) is 0. The number of nitrogens with two attached hydrogens (primary N) is 1. The quantitative estimate of drug-likeness (QED) is 0.561. The Morgan fingerprint density at radius 1 is 1.80 bits per heavy atom. The van der Waals surface area contributed by atoms with Crippen molar-refractivity contribution in [3.8, 4) is 0 Å². The molecular weight excluding hydrogens is 134 g/mol. The summed E-state index contributed by atoms with van der Waals surface area (Å²) in [4.78, 5) is 18.7. The van der Waals surface area contributed by atoms with Crippen LogP contribution < -0.4 is 10.6 Å². The minimum absolute atomic E-state index is 0.127. The smallest absolute Gasteiger partial charge is 0.334 e. The normalized spacial score (nSPS) is 9.30. The molecule has 0 spiro atoms. The van der Waals surface area contributed by atoms with Crippen molar-refractivity contribution in [1.29, 1.82) is 0 Å². The number of carbonyl (C=O) groups is 1. The van der Waals surface area contributed by atoms with Crippen LogP contribution in [0, 0.1) is 0 Å². The Balaban J connectivity index is 2.48. The highest BCUT2D eigenvalue weighted by Crippen LogP contribution is 1.79. The van der Waals surface area contributed by atoms with Gasteiger partial charge in [0.1, 0.15) is 6.33 Å². The highest BCUT2D eigenvalue weighted by molar-refractivity contribution is 5.71. The summed E-state index contributed by atoms with van der Waals surface area (Å²) < 4.78 is 1.19. The van der Waals surface area contributed by atoms with Crippen LogP contribution in [-0.4, -0.2) is 22.2 Å². The van der Waals surface area contributed by atoms with Crippen LogP contribution in [0.1, 0.15) is 0 Å². The third-order valence-electron chi connectivity index (χ3n) is 0.854. The van der Waals surface area contributed by atoms with Crippen LogP contribution in [0.2, 0.25) is 0 Å². The van der Waals surface area contributed by atoms with Gasteiger partial charge >= 0.3 is 5.97 Å². The summed E-state index contributed by atoms with van der Waals surface area (Å²) in [7, 11) is 0. The summed E-state index contributed by atoms with van der Waals surface area (Å²) in [5.74, 6) is -0.488. The molecule has 0 atom stereocenters. The third kappa shape index (κ3) is 1.56. The van der Waals surface area contributed by atoms with Crippen molar-refractivity contribution in [3.05, 3.63) is 18.7 Å². The molecule has 0 unspecified atom stereocenters. The molecule has 0 radical (unpaired) electrons. The minimum atomic E-state index is -0.488. The molecule has 5 heteroatoms. The topological polar surface area (TPSA) is 70.1 Å².